The molecule has 4 aromatic carbocycles. The summed E-state index contributed by atoms with van der Waals surface area (Å²) >= 11 is 0. The molecule has 196 valence electrons. The van der Waals surface area contributed by atoms with Gasteiger partial charge in [0, 0.05) is 0 Å². The van der Waals surface area contributed by atoms with Crippen molar-refractivity contribution in [2.45, 2.75) is 11.2 Å². The van der Waals surface area contributed by atoms with E-state index in [1.807, 2.05) is 12.1 Å². The molecule has 0 heterocycles. The van der Waals surface area contributed by atoms with Gasteiger partial charge in [0.2, 0.25) is 5.78 Å². The summed E-state index contributed by atoms with van der Waals surface area (Å²) < 4.78 is 47.3. The van der Waals surface area contributed by atoms with E-state index in [0.29, 0.717) is 33.8 Å². The fourth-order valence-electron chi connectivity index (χ4n) is 4.63. The first-order valence-corrected chi connectivity index (χ1v) is 13.6. The highest BCUT2D eigenvalue weighted by Gasteiger charge is 2.56. The van der Waals surface area contributed by atoms with Crippen LogP contribution in [0.2, 0.25) is 0 Å². The molecular weight excluding hydrogens is 522 g/mol. The molecule has 0 aliphatic carbocycles. The molecule has 0 aliphatic heterocycles. The second kappa shape index (κ2) is 12.4. The maximum Gasteiger partial charge on any atom is 0.215 e. The van der Waals surface area contributed by atoms with Crippen molar-refractivity contribution in [3.8, 4) is 11.5 Å². The molecule has 0 bridgehead atoms. The fraction of sp³-hybridized carbons (Fsp3) is 0.138. The van der Waals surface area contributed by atoms with E-state index in [4.69, 9.17) is 18.5 Å². The average Bonchev–Trinajstić information content (AvgIpc) is 2.99. The van der Waals surface area contributed by atoms with Gasteiger partial charge in [0.15, 0.2) is 28.6 Å². The molecule has 0 aliphatic rings. The fourth-order valence-corrected chi connectivity index (χ4v) is 5.67. The van der Waals surface area contributed by atoms with Crippen molar-refractivity contribution in [2.24, 2.45) is 0 Å². The minimum absolute atomic E-state index is 0.413. The molecule has 0 saturated carbocycles. The van der Waals surface area contributed by atoms with Crippen LogP contribution in [0.5, 0.6) is 11.5 Å². The minimum Gasteiger partial charge on any atom is -0.497 e. The first-order chi connectivity index (χ1) is 18.6. The molecule has 4 aromatic rings. The Balaban J connectivity index is 2.10. The van der Waals surface area contributed by atoms with E-state index in [1.54, 1.807) is 97.1 Å². The van der Waals surface area contributed by atoms with Gasteiger partial charge in [-0.15, -0.1) is 0 Å². The monoisotopic (exact) mass is 550 g/mol. The molecule has 0 fully saturated rings. The number of methoxy groups -OCH3 is 2. The third-order valence-electron chi connectivity index (χ3n) is 6.44. The summed E-state index contributed by atoms with van der Waals surface area (Å²) in [6, 6.07) is 31.1. The van der Waals surface area contributed by atoms with Crippen molar-refractivity contribution < 1.29 is 32.4 Å². The summed E-state index contributed by atoms with van der Waals surface area (Å²) in [5.74, 6) is 0.536. The van der Waals surface area contributed by atoms with Gasteiger partial charge in [-0.2, -0.15) is 0 Å². The number of benzene rings is 4. The number of ether oxygens (including phenoxy) is 2. The molecule has 9 heteroatoms. The molecule has 0 amide bonds. The van der Waals surface area contributed by atoms with Crippen molar-refractivity contribution in [3.05, 3.63) is 131 Å². The predicted molar refractivity (Wildman–Crippen MR) is 148 cm³/mol. The maximum absolute atomic E-state index is 15.2. The van der Waals surface area contributed by atoms with Crippen molar-refractivity contribution in [3.63, 3.8) is 0 Å². The van der Waals surface area contributed by atoms with Crippen LogP contribution in [0.1, 0.15) is 22.3 Å². The molecule has 4 unspecified atom stereocenters. The minimum atomic E-state index is -1.88. The highest BCUT2D eigenvalue weighted by Crippen LogP contribution is 2.49. The van der Waals surface area contributed by atoms with Crippen LogP contribution in [0.25, 0.3) is 0 Å². The largest absolute Gasteiger partial charge is 0.497 e. The Morgan fingerprint density at radius 1 is 0.526 bits per heavy atom. The Hall–Kier alpha value is -3.47. The molecule has 4 rings (SSSR count). The second-order valence-electron chi connectivity index (χ2n) is 8.31. The number of hydrogen-bond donors (Lipinski definition) is 0. The molecule has 4 atom stereocenters. The highest BCUT2D eigenvalue weighted by molar-refractivity contribution is 7.17. The highest BCUT2D eigenvalue weighted by atomic mass is 31.1. The number of hydrogen-bond acceptors (Lipinski definition) is 7. The lowest BCUT2D eigenvalue weighted by Gasteiger charge is -2.41. The number of carbonyl (C=O) groups excluding carboxylic acids is 1. The Labute approximate surface area is 223 Å². The number of ketones is 1. The van der Waals surface area contributed by atoms with Crippen LogP contribution in [-0.4, -0.2) is 20.0 Å². The zero-order valence-corrected chi connectivity index (χ0v) is 23.2. The van der Waals surface area contributed by atoms with Gasteiger partial charge in [0.1, 0.15) is 11.5 Å². The van der Waals surface area contributed by atoms with Crippen LogP contribution in [0.15, 0.2) is 109 Å². The van der Waals surface area contributed by atoms with Gasteiger partial charge >= 0.3 is 0 Å². The van der Waals surface area contributed by atoms with E-state index in [9.17, 15) is 9.13 Å². The molecular formula is C29H28O7P2. The molecule has 0 saturated heterocycles. The molecule has 0 N–H and O–H groups in total. The standard InChI is InChI=1S/C29H28O7P2/c1-33-25-17-13-23(14-18-25)28(35-37-31,21-9-5-3-6-10-21)27(30)29(36-38-32,22-11-7-4-8-12-22)24-15-19-26(34-2)20-16-24/h3-20H,37-38H2,1-2H3. The quantitative estimate of drug-likeness (QED) is 0.205. The predicted octanol–water partition coefficient (Wildman–Crippen LogP) is 5.84. The van der Waals surface area contributed by atoms with Crippen LogP contribution in [0.4, 0.5) is 0 Å². The molecule has 7 nitrogen and oxygen atoms in total. The smallest absolute Gasteiger partial charge is 0.215 e. The normalized spacial score (nSPS) is 14.8. The van der Waals surface area contributed by atoms with Crippen molar-refractivity contribution in [2.75, 3.05) is 14.2 Å². The number of Topliss-reactive ketones (excluding diaryl/α,β-unsaturated/α-hetero) is 1. The van der Waals surface area contributed by atoms with E-state index >= 15 is 4.79 Å². The Morgan fingerprint density at radius 3 is 1.13 bits per heavy atom. The third-order valence-corrected chi connectivity index (χ3v) is 7.34. The molecule has 0 aromatic heterocycles. The van der Waals surface area contributed by atoms with Crippen LogP contribution in [0.3, 0.4) is 0 Å². The summed E-state index contributed by atoms with van der Waals surface area (Å²) in [6.45, 7) is 0. The summed E-state index contributed by atoms with van der Waals surface area (Å²) in [5, 5.41) is 0. The topological polar surface area (TPSA) is 88.1 Å². The van der Waals surface area contributed by atoms with Gasteiger partial charge in [-0.05, 0) is 46.5 Å². The van der Waals surface area contributed by atoms with Crippen LogP contribution < -0.4 is 9.47 Å². The Morgan fingerprint density at radius 2 is 0.842 bits per heavy atom. The molecule has 0 radical (unpaired) electrons. The molecule has 38 heavy (non-hydrogen) atoms. The zero-order chi connectivity index (χ0) is 27.0. The average molecular weight is 550 g/mol. The van der Waals surface area contributed by atoms with Gasteiger partial charge in [-0.25, -0.2) is 0 Å². The molecule has 0 spiro atoms. The van der Waals surface area contributed by atoms with E-state index in [2.05, 4.69) is 0 Å². The summed E-state index contributed by atoms with van der Waals surface area (Å²) in [6.07, 6.45) is 0. The van der Waals surface area contributed by atoms with Crippen molar-refractivity contribution in [1.29, 1.82) is 0 Å². The summed E-state index contributed by atoms with van der Waals surface area (Å²) in [7, 11) is -0.651. The third kappa shape index (κ3) is 4.99. The lowest BCUT2D eigenvalue weighted by Crippen LogP contribution is -2.51. The van der Waals surface area contributed by atoms with Crippen LogP contribution in [-0.2, 0) is 34.2 Å². The van der Waals surface area contributed by atoms with Crippen molar-refractivity contribution >= 4 is 23.2 Å². The lowest BCUT2D eigenvalue weighted by molar-refractivity contribution is -0.145. The summed E-state index contributed by atoms with van der Waals surface area (Å²) in [5.41, 5.74) is -2.05. The van der Waals surface area contributed by atoms with Gasteiger partial charge in [0.25, 0.3) is 0 Å². The van der Waals surface area contributed by atoms with Gasteiger partial charge in [0.05, 0.1) is 14.2 Å². The van der Waals surface area contributed by atoms with Gasteiger partial charge in [-0.3, -0.25) is 13.9 Å². The van der Waals surface area contributed by atoms with Gasteiger partial charge < -0.3 is 18.5 Å². The first-order valence-electron chi connectivity index (χ1n) is 11.7. The maximum atomic E-state index is 15.2. The van der Waals surface area contributed by atoms with Gasteiger partial charge in [-0.1, -0.05) is 84.9 Å². The van der Waals surface area contributed by atoms with Crippen LogP contribution in [0, 0.1) is 0 Å². The Kier molecular flexibility index (Phi) is 8.98. The van der Waals surface area contributed by atoms with Crippen LogP contribution >= 0.6 is 17.4 Å². The van der Waals surface area contributed by atoms with E-state index in [0.717, 1.165) is 0 Å². The lowest BCUT2D eigenvalue weighted by atomic mass is 9.71. The zero-order valence-electron chi connectivity index (χ0n) is 20.9. The SMILES string of the molecule is COc1ccc(C(O[PH2]=O)(C(=O)C(O[PH2]=O)(c2ccccc2)c2ccc(OC)cc2)c2ccccc2)cc1. The second-order valence-corrected chi connectivity index (χ2v) is 9.17. The van der Waals surface area contributed by atoms with E-state index in [-0.39, 0.29) is 0 Å². The van der Waals surface area contributed by atoms with E-state index in [1.165, 1.54) is 14.2 Å². The first kappa shape index (κ1) is 27.6. The van der Waals surface area contributed by atoms with E-state index < -0.39 is 34.4 Å². The van der Waals surface area contributed by atoms with Crippen molar-refractivity contribution in [1.82, 2.24) is 0 Å². The summed E-state index contributed by atoms with van der Waals surface area (Å²) in [4.78, 5) is 15.2. The number of carbonyl (C=O) groups is 1. The Bertz CT molecular complexity index is 1270. The number of rotatable bonds is 12.